The summed E-state index contributed by atoms with van der Waals surface area (Å²) in [5, 5.41) is 3.04. The summed E-state index contributed by atoms with van der Waals surface area (Å²) in [4.78, 5) is 50.9. The van der Waals surface area contributed by atoms with Crippen LogP contribution in [0.15, 0.2) is 0 Å². The summed E-state index contributed by atoms with van der Waals surface area (Å²) in [6.45, 7) is 3.63. The zero-order valence-electron chi connectivity index (χ0n) is 11.8. The minimum atomic E-state index is -0.830. The van der Waals surface area contributed by atoms with Gasteiger partial charge in [0.1, 0.15) is 6.04 Å². The van der Waals surface area contributed by atoms with E-state index in [0.717, 1.165) is 12.8 Å². The summed E-state index contributed by atoms with van der Waals surface area (Å²) >= 11 is 0. The third-order valence-corrected chi connectivity index (χ3v) is 2.97. The first-order valence-electron chi connectivity index (χ1n) is 6.86. The number of hydroxylamine groups is 2. The number of hydrogen-bond acceptors (Lipinski definition) is 5. The fraction of sp³-hybridized carbons (Fsp3) is 0.692. The number of rotatable bonds is 7. The van der Waals surface area contributed by atoms with Gasteiger partial charge in [0.05, 0.1) is 0 Å². The molecular formula is C13H20N2O5. The first-order chi connectivity index (χ1) is 9.49. The van der Waals surface area contributed by atoms with Crippen LogP contribution in [-0.4, -0.2) is 34.8 Å². The molecule has 1 rings (SSSR count). The number of carbonyl (C=O) groups excluding carboxylic acids is 4. The highest BCUT2D eigenvalue weighted by atomic mass is 16.7. The van der Waals surface area contributed by atoms with Crippen LogP contribution >= 0.6 is 0 Å². The smallest absolute Gasteiger partial charge is 0.343 e. The number of imide groups is 1. The molecule has 0 saturated carbocycles. The van der Waals surface area contributed by atoms with E-state index in [-0.39, 0.29) is 25.2 Å². The first-order valence-corrected chi connectivity index (χ1v) is 6.86. The molecule has 1 aliphatic rings. The average molecular weight is 284 g/mol. The Morgan fingerprint density at radius 3 is 2.35 bits per heavy atom. The molecule has 0 aromatic carbocycles. The number of unbranched alkanes of at least 4 members (excludes halogenated alkanes) is 1. The van der Waals surface area contributed by atoms with Crippen LogP contribution in [0.4, 0.5) is 0 Å². The van der Waals surface area contributed by atoms with Crippen molar-refractivity contribution in [3.05, 3.63) is 0 Å². The van der Waals surface area contributed by atoms with Crippen LogP contribution in [0, 0.1) is 0 Å². The Morgan fingerprint density at radius 1 is 1.25 bits per heavy atom. The fourth-order valence-electron chi connectivity index (χ4n) is 1.77. The second-order valence-corrected chi connectivity index (χ2v) is 4.61. The van der Waals surface area contributed by atoms with Crippen molar-refractivity contribution in [3.63, 3.8) is 0 Å². The van der Waals surface area contributed by atoms with Crippen molar-refractivity contribution in [1.29, 1.82) is 0 Å². The van der Waals surface area contributed by atoms with Gasteiger partial charge in [0, 0.05) is 19.3 Å². The van der Waals surface area contributed by atoms with E-state index in [1.54, 1.807) is 6.92 Å². The van der Waals surface area contributed by atoms with Gasteiger partial charge in [-0.15, -0.1) is 5.06 Å². The highest BCUT2D eigenvalue weighted by Crippen LogP contribution is 2.14. The Bertz CT molecular complexity index is 392. The molecule has 1 saturated heterocycles. The molecule has 1 N–H and O–H groups in total. The zero-order valence-corrected chi connectivity index (χ0v) is 11.8. The molecule has 1 unspecified atom stereocenters. The van der Waals surface area contributed by atoms with E-state index < -0.39 is 23.8 Å². The third kappa shape index (κ3) is 4.32. The maximum atomic E-state index is 12.0. The van der Waals surface area contributed by atoms with Gasteiger partial charge in [-0.1, -0.05) is 26.7 Å². The Hall–Kier alpha value is -1.92. The van der Waals surface area contributed by atoms with Crippen molar-refractivity contribution in [3.8, 4) is 0 Å². The Kier molecular flexibility index (Phi) is 6.14. The monoisotopic (exact) mass is 284 g/mol. The second kappa shape index (κ2) is 7.62. The predicted octanol–water partition coefficient (Wildman–Crippen LogP) is 0.679. The van der Waals surface area contributed by atoms with E-state index in [0.29, 0.717) is 11.5 Å². The van der Waals surface area contributed by atoms with E-state index >= 15 is 0 Å². The van der Waals surface area contributed by atoms with Crippen molar-refractivity contribution in [1.82, 2.24) is 10.4 Å². The Labute approximate surface area is 117 Å². The minimum Gasteiger partial charge on any atom is -0.343 e. The zero-order chi connectivity index (χ0) is 15.1. The Balaban J connectivity index is 2.64. The van der Waals surface area contributed by atoms with Crippen LogP contribution in [0.3, 0.4) is 0 Å². The maximum Gasteiger partial charge on any atom is 0.355 e. The summed E-state index contributed by atoms with van der Waals surface area (Å²) in [6.07, 6.45) is 2.34. The standard InChI is InChI=1S/C13H20N2O5/c1-3-5-6-9(14-10(16)4-2)13(19)20-15-11(17)7-8-12(15)18/h9H,3-8H2,1-2H3,(H,14,16). The van der Waals surface area contributed by atoms with Crippen LogP contribution < -0.4 is 5.32 Å². The number of carbonyl (C=O) groups is 4. The lowest BCUT2D eigenvalue weighted by molar-refractivity contribution is -0.199. The second-order valence-electron chi connectivity index (χ2n) is 4.61. The van der Waals surface area contributed by atoms with Crippen molar-refractivity contribution < 1.29 is 24.0 Å². The molecule has 1 heterocycles. The van der Waals surface area contributed by atoms with Crippen molar-refractivity contribution >= 4 is 23.7 Å². The van der Waals surface area contributed by atoms with E-state index in [1.807, 2.05) is 6.92 Å². The maximum absolute atomic E-state index is 12.0. The molecule has 0 aliphatic carbocycles. The largest absolute Gasteiger partial charge is 0.355 e. The average Bonchev–Trinajstić information content (AvgIpc) is 2.74. The summed E-state index contributed by atoms with van der Waals surface area (Å²) in [5.74, 6) is -2.11. The summed E-state index contributed by atoms with van der Waals surface area (Å²) in [5.41, 5.74) is 0. The SMILES string of the molecule is CCCCC(NC(=O)CC)C(=O)ON1C(=O)CCC1=O. The number of nitrogens with one attached hydrogen (secondary N) is 1. The molecule has 1 aliphatic heterocycles. The summed E-state index contributed by atoms with van der Waals surface area (Å²) < 4.78 is 0. The van der Waals surface area contributed by atoms with Gasteiger partial charge in [0.2, 0.25) is 5.91 Å². The molecular weight excluding hydrogens is 264 g/mol. The number of amides is 3. The molecule has 0 bridgehead atoms. The van der Waals surface area contributed by atoms with Gasteiger partial charge in [0.25, 0.3) is 11.8 Å². The minimum absolute atomic E-state index is 0.0487. The van der Waals surface area contributed by atoms with Crippen molar-refractivity contribution in [2.45, 2.75) is 58.4 Å². The van der Waals surface area contributed by atoms with Gasteiger partial charge >= 0.3 is 5.97 Å². The van der Waals surface area contributed by atoms with Gasteiger partial charge in [-0.25, -0.2) is 4.79 Å². The van der Waals surface area contributed by atoms with Crippen LogP contribution in [0.2, 0.25) is 0 Å². The van der Waals surface area contributed by atoms with Crippen LogP contribution in [0.25, 0.3) is 0 Å². The molecule has 0 aromatic heterocycles. The molecule has 20 heavy (non-hydrogen) atoms. The lowest BCUT2D eigenvalue weighted by atomic mass is 10.1. The lowest BCUT2D eigenvalue weighted by Crippen LogP contribution is -2.45. The van der Waals surface area contributed by atoms with E-state index in [9.17, 15) is 19.2 Å². The van der Waals surface area contributed by atoms with Gasteiger partial charge in [-0.2, -0.15) is 0 Å². The predicted molar refractivity (Wildman–Crippen MR) is 68.9 cm³/mol. The quantitative estimate of drug-likeness (QED) is 0.694. The van der Waals surface area contributed by atoms with E-state index in [4.69, 9.17) is 4.84 Å². The van der Waals surface area contributed by atoms with Gasteiger partial charge in [-0.3, -0.25) is 14.4 Å². The molecule has 1 fully saturated rings. The molecule has 7 heteroatoms. The normalized spacial score (nSPS) is 16.2. The molecule has 0 aromatic rings. The van der Waals surface area contributed by atoms with Crippen LogP contribution in [-0.2, 0) is 24.0 Å². The van der Waals surface area contributed by atoms with Crippen molar-refractivity contribution in [2.24, 2.45) is 0 Å². The van der Waals surface area contributed by atoms with Crippen molar-refractivity contribution in [2.75, 3.05) is 0 Å². The topological polar surface area (TPSA) is 92.8 Å². The van der Waals surface area contributed by atoms with Crippen LogP contribution in [0.1, 0.15) is 52.4 Å². The fourth-order valence-corrected chi connectivity index (χ4v) is 1.77. The molecule has 112 valence electrons. The van der Waals surface area contributed by atoms with Gasteiger partial charge in [0.15, 0.2) is 0 Å². The molecule has 0 spiro atoms. The van der Waals surface area contributed by atoms with Gasteiger partial charge in [-0.05, 0) is 6.42 Å². The third-order valence-electron chi connectivity index (χ3n) is 2.97. The molecule has 1 atom stereocenters. The number of nitrogens with zero attached hydrogens (tertiary/aromatic N) is 1. The van der Waals surface area contributed by atoms with E-state index in [1.165, 1.54) is 0 Å². The highest BCUT2D eigenvalue weighted by molar-refractivity contribution is 6.01. The lowest BCUT2D eigenvalue weighted by Gasteiger charge is -2.19. The molecule has 7 nitrogen and oxygen atoms in total. The van der Waals surface area contributed by atoms with E-state index in [2.05, 4.69) is 5.32 Å². The highest BCUT2D eigenvalue weighted by Gasteiger charge is 2.35. The Morgan fingerprint density at radius 2 is 1.85 bits per heavy atom. The summed E-state index contributed by atoms with van der Waals surface area (Å²) in [7, 11) is 0. The molecule has 0 radical (unpaired) electrons. The number of hydrogen-bond donors (Lipinski definition) is 1. The molecule has 3 amide bonds. The van der Waals surface area contributed by atoms with Crippen LogP contribution in [0.5, 0.6) is 0 Å². The summed E-state index contributed by atoms with van der Waals surface area (Å²) in [6, 6.07) is -0.830. The first kappa shape index (κ1) is 16.1. The van der Waals surface area contributed by atoms with Gasteiger partial charge < -0.3 is 10.2 Å².